The van der Waals surface area contributed by atoms with Gasteiger partial charge in [0.25, 0.3) is 5.91 Å². The molecule has 1 fully saturated rings. The van der Waals surface area contributed by atoms with Gasteiger partial charge in [-0.3, -0.25) is 9.78 Å². The van der Waals surface area contributed by atoms with Crippen molar-refractivity contribution in [1.29, 1.82) is 0 Å². The number of hydrogen-bond donors (Lipinski definition) is 1. The van der Waals surface area contributed by atoms with Crippen molar-refractivity contribution in [3.63, 3.8) is 0 Å². The number of pyridine rings is 1. The number of aromatic nitrogens is 3. The smallest absolute Gasteiger partial charge is 0.291 e. The zero-order valence-electron chi connectivity index (χ0n) is 18.0. The average Bonchev–Trinajstić information content (AvgIpc) is 3.55. The molecule has 4 aromatic rings. The van der Waals surface area contributed by atoms with E-state index in [-0.39, 0.29) is 30.4 Å². The summed E-state index contributed by atoms with van der Waals surface area (Å²) < 4.78 is 54.7. The molecule has 1 aromatic carbocycles. The number of amides is 1. The van der Waals surface area contributed by atoms with Crippen LogP contribution >= 0.6 is 0 Å². The number of nitrogens with one attached hydrogen (secondary N) is 1. The lowest BCUT2D eigenvalue weighted by Crippen LogP contribution is -2.18. The Morgan fingerprint density at radius 3 is 2.65 bits per heavy atom. The fraction of sp³-hybridized carbons (Fsp3) is 0.208. The summed E-state index contributed by atoms with van der Waals surface area (Å²) in [6, 6.07) is 9.42. The van der Waals surface area contributed by atoms with E-state index in [4.69, 9.17) is 9.15 Å². The first kappa shape index (κ1) is 21.9. The number of alkyl halides is 1. The van der Waals surface area contributed by atoms with E-state index in [0.29, 0.717) is 22.6 Å². The number of carbonyl (C=O) groups excluding carboxylic acids is 1. The second-order valence-electron chi connectivity index (χ2n) is 7.90. The number of rotatable bonds is 5. The largest absolute Gasteiger partial charge is 0.449 e. The zero-order chi connectivity index (χ0) is 23.8. The topological polar surface area (TPSA) is 82.2 Å². The minimum Gasteiger partial charge on any atom is -0.449 e. The highest BCUT2D eigenvalue weighted by molar-refractivity contribution is 6.02. The first-order valence-electron chi connectivity index (χ1n) is 10.5. The van der Waals surface area contributed by atoms with Gasteiger partial charge in [0.05, 0.1) is 43.2 Å². The summed E-state index contributed by atoms with van der Waals surface area (Å²) >= 11 is 0. The third-order valence-electron chi connectivity index (χ3n) is 5.56. The van der Waals surface area contributed by atoms with Crippen LogP contribution in [0.3, 0.4) is 0 Å². The van der Waals surface area contributed by atoms with Crippen LogP contribution in [0.25, 0.3) is 22.7 Å². The number of aryl methyl sites for hydroxylation is 1. The Hall–Kier alpha value is -3.92. The fourth-order valence-electron chi connectivity index (χ4n) is 3.86. The highest BCUT2D eigenvalue weighted by atomic mass is 19.1. The summed E-state index contributed by atoms with van der Waals surface area (Å²) in [4.78, 5) is 21.0. The minimum atomic E-state index is -1.26. The number of furan rings is 1. The number of anilines is 1. The molecule has 7 nitrogen and oxygen atoms in total. The van der Waals surface area contributed by atoms with Gasteiger partial charge in [-0.1, -0.05) is 0 Å². The second kappa shape index (κ2) is 8.79. The number of halogens is 3. The lowest BCUT2D eigenvalue weighted by atomic mass is 10.1. The van der Waals surface area contributed by atoms with Crippen LogP contribution < -0.4 is 5.32 Å². The highest BCUT2D eigenvalue weighted by Gasteiger charge is 2.33. The molecule has 2 unspecified atom stereocenters. The van der Waals surface area contributed by atoms with E-state index in [1.807, 2.05) is 0 Å². The third-order valence-corrected chi connectivity index (χ3v) is 5.56. The van der Waals surface area contributed by atoms with Crippen molar-refractivity contribution in [2.75, 3.05) is 18.5 Å². The number of hydrogen-bond acceptors (Lipinski definition) is 5. The summed E-state index contributed by atoms with van der Waals surface area (Å²) in [6.45, 7) is 1.77. The normalized spacial score (nSPS) is 17.8. The van der Waals surface area contributed by atoms with Crippen LogP contribution in [0, 0.1) is 18.6 Å². The summed E-state index contributed by atoms with van der Waals surface area (Å²) in [5.74, 6) is -1.60. The molecule has 5 rings (SSSR count). The minimum absolute atomic E-state index is 0.0316. The van der Waals surface area contributed by atoms with Gasteiger partial charge in [0.15, 0.2) is 17.3 Å². The Balaban J connectivity index is 1.53. The maximum Gasteiger partial charge on any atom is 0.291 e. The Kier molecular flexibility index (Phi) is 5.66. The molecule has 3 aromatic heterocycles. The van der Waals surface area contributed by atoms with Crippen LogP contribution in [-0.4, -0.2) is 39.8 Å². The van der Waals surface area contributed by atoms with Gasteiger partial charge < -0.3 is 19.0 Å². The fourth-order valence-corrected chi connectivity index (χ4v) is 3.86. The Labute approximate surface area is 192 Å². The van der Waals surface area contributed by atoms with Crippen molar-refractivity contribution < 1.29 is 27.1 Å². The van der Waals surface area contributed by atoms with E-state index < -0.39 is 29.8 Å². The summed E-state index contributed by atoms with van der Waals surface area (Å²) in [5.41, 5.74) is 1.92. The molecular weight excluding hydrogens is 449 g/mol. The quantitative estimate of drug-likeness (QED) is 0.448. The lowest BCUT2D eigenvalue weighted by molar-refractivity contribution is 0.0997. The van der Waals surface area contributed by atoms with E-state index in [1.165, 1.54) is 30.6 Å². The molecule has 1 aliphatic heterocycles. The van der Waals surface area contributed by atoms with Crippen LogP contribution in [0.5, 0.6) is 0 Å². The van der Waals surface area contributed by atoms with E-state index in [9.17, 15) is 18.0 Å². The number of benzene rings is 1. The number of nitrogens with zero attached hydrogens (tertiary/aromatic N) is 3. The first-order chi connectivity index (χ1) is 16.4. The van der Waals surface area contributed by atoms with Gasteiger partial charge in [-0.25, -0.2) is 18.2 Å². The van der Waals surface area contributed by atoms with Gasteiger partial charge in [-0.2, -0.15) is 0 Å². The Bertz CT molecular complexity index is 1350. The molecule has 0 spiro atoms. The molecule has 1 aliphatic rings. The predicted octanol–water partition coefficient (Wildman–Crippen LogP) is 4.95. The molecule has 0 radical (unpaired) electrons. The molecule has 2 atom stereocenters. The van der Waals surface area contributed by atoms with Gasteiger partial charge >= 0.3 is 0 Å². The zero-order valence-corrected chi connectivity index (χ0v) is 18.0. The molecule has 174 valence electrons. The molecule has 34 heavy (non-hydrogen) atoms. The molecule has 0 saturated carbocycles. The highest BCUT2D eigenvalue weighted by Crippen LogP contribution is 2.37. The second-order valence-corrected chi connectivity index (χ2v) is 7.90. The van der Waals surface area contributed by atoms with Gasteiger partial charge in [-0.15, -0.1) is 0 Å². The maximum atomic E-state index is 14.5. The molecular formula is C24H19F3N4O3. The summed E-state index contributed by atoms with van der Waals surface area (Å²) in [6.07, 6.45) is 1.23. The average molecular weight is 468 g/mol. The van der Waals surface area contributed by atoms with Crippen molar-refractivity contribution in [2.24, 2.45) is 0 Å². The van der Waals surface area contributed by atoms with Gasteiger partial charge in [0.1, 0.15) is 17.7 Å². The SMILES string of the molecule is Cc1cc(NC(=O)c2ccc(-c3c(-c4ccc(F)cc4)ncn3C3COCC3F)o2)c(F)cn1. The maximum absolute atomic E-state index is 14.5. The Morgan fingerprint density at radius 2 is 1.91 bits per heavy atom. The molecule has 1 saturated heterocycles. The molecule has 10 heteroatoms. The van der Waals surface area contributed by atoms with Crippen molar-refractivity contribution in [1.82, 2.24) is 14.5 Å². The van der Waals surface area contributed by atoms with Crippen LogP contribution in [0.15, 0.2) is 59.4 Å². The molecule has 4 heterocycles. The lowest BCUT2D eigenvalue weighted by Gasteiger charge is -2.16. The Morgan fingerprint density at radius 1 is 1.12 bits per heavy atom. The predicted molar refractivity (Wildman–Crippen MR) is 117 cm³/mol. The van der Waals surface area contributed by atoms with Gasteiger partial charge in [-0.05, 0) is 49.4 Å². The van der Waals surface area contributed by atoms with Crippen LogP contribution in [0.4, 0.5) is 18.9 Å². The van der Waals surface area contributed by atoms with Crippen LogP contribution in [0.1, 0.15) is 22.3 Å². The first-order valence-corrected chi connectivity index (χ1v) is 10.5. The standard InChI is InChI=1S/C24H19F3N4O3/c1-13-8-18(16(26)9-28-13)30-24(32)21-7-6-20(34-21)23-22(14-2-4-15(25)5-3-14)29-12-31(23)19-11-33-10-17(19)27/h2-9,12,17,19H,10-11H2,1H3,(H,28,30,32). The van der Waals surface area contributed by atoms with E-state index >= 15 is 0 Å². The van der Waals surface area contributed by atoms with Crippen LogP contribution in [-0.2, 0) is 4.74 Å². The number of carbonyl (C=O) groups is 1. The van der Waals surface area contributed by atoms with Crippen molar-refractivity contribution in [3.05, 3.63) is 78.1 Å². The molecule has 0 aliphatic carbocycles. The molecule has 1 N–H and O–H groups in total. The number of ether oxygens (including phenoxy) is 1. The van der Waals surface area contributed by atoms with E-state index in [1.54, 1.807) is 29.7 Å². The summed E-state index contributed by atoms with van der Waals surface area (Å²) in [5, 5.41) is 2.46. The van der Waals surface area contributed by atoms with Crippen molar-refractivity contribution in [2.45, 2.75) is 19.1 Å². The van der Waals surface area contributed by atoms with E-state index in [2.05, 4.69) is 15.3 Å². The number of imidazole rings is 1. The van der Waals surface area contributed by atoms with E-state index in [0.717, 1.165) is 6.20 Å². The molecule has 1 amide bonds. The van der Waals surface area contributed by atoms with Gasteiger partial charge in [0, 0.05) is 11.3 Å². The molecule has 0 bridgehead atoms. The van der Waals surface area contributed by atoms with Crippen molar-refractivity contribution >= 4 is 11.6 Å². The summed E-state index contributed by atoms with van der Waals surface area (Å²) in [7, 11) is 0. The third kappa shape index (κ3) is 4.08. The van der Waals surface area contributed by atoms with Crippen molar-refractivity contribution in [3.8, 4) is 22.7 Å². The monoisotopic (exact) mass is 468 g/mol. The van der Waals surface area contributed by atoms with Gasteiger partial charge in [0.2, 0.25) is 0 Å². The van der Waals surface area contributed by atoms with Crippen LogP contribution in [0.2, 0.25) is 0 Å².